The Kier molecular flexibility index (Phi) is 3.75. The zero-order valence-electron chi connectivity index (χ0n) is 16.3. The normalized spacial score (nSPS) is 33.2. The van der Waals surface area contributed by atoms with Crippen LogP contribution in [0.25, 0.3) is 11.2 Å². The van der Waals surface area contributed by atoms with Crippen LogP contribution in [0.5, 0.6) is 0 Å². The van der Waals surface area contributed by atoms with Crippen molar-refractivity contribution in [2.24, 2.45) is 17.8 Å². The molecule has 8 nitrogen and oxygen atoms in total. The Morgan fingerprint density at radius 1 is 1.25 bits per heavy atom. The van der Waals surface area contributed by atoms with Crippen LogP contribution in [0.4, 0.5) is 0 Å². The monoisotopic (exact) mass is 386 g/mol. The zero-order valence-corrected chi connectivity index (χ0v) is 16.3. The number of aryl methyl sites for hydroxylation is 1. The first-order chi connectivity index (χ1) is 13.4. The maximum absolute atomic E-state index is 13.0. The molecule has 150 valence electrons. The molecule has 5 atom stereocenters. The predicted molar refractivity (Wildman–Crippen MR) is 102 cm³/mol. The summed E-state index contributed by atoms with van der Waals surface area (Å²) in [6.45, 7) is 3.55. The number of carbonyl (C=O) groups is 1. The molecule has 4 fully saturated rings. The number of aliphatic hydroxyl groups is 1. The van der Waals surface area contributed by atoms with Crippen molar-refractivity contribution >= 4 is 16.9 Å². The zero-order chi connectivity index (χ0) is 19.8. The maximum Gasteiger partial charge on any atom is 0.333 e. The summed E-state index contributed by atoms with van der Waals surface area (Å²) in [6.07, 6.45) is 4.28. The molecule has 4 saturated carbocycles. The average molecular weight is 386 g/mol. The molecule has 0 saturated heterocycles. The van der Waals surface area contributed by atoms with Gasteiger partial charge >= 0.3 is 5.69 Å². The summed E-state index contributed by atoms with van der Waals surface area (Å²) in [7, 11) is 0. The summed E-state index contributed by atoms with van der Waals surface area (Å²) < 4.78 is 2.53. The van der Waals surface area contributed by atoms with Gasteiger partial charge in [-0.1, -0.05) is 6.92 Å². The molecular formula is C20H26N4O4. The van der Waals surface area contributed by atoms with Crippen LogP contribution < -0.4 is 11.2 Å². The SMILES string of the molecule is CCCn1c(=O)n(CC(C)=O)c(=O)c2[nH]c(C34CC5CC3C[C@H](C4)C5O)nc21. The molecule has 4 bridgehead atoms. The van der Waals surface area contributed by atoms with Crippen molar-refractivity contribution in [3.8, 4) is 0 Å². The van der Waals surface area contributed by atoms with Crippen molar-refractivity contribution in [2.45, 2.75) is 70.6 Å². The van der Waals surface area contributed by atoms with Crippen molar-refractivity contribution in [2.75, 3.05) is 0 Å². The number of ketones is 1. The molecule has 28 heavy (non-hydrogen) atoms. The molecule has 4 aliphatic rings. The number of fused-ring (bicyclic) bond motifs is 1. The number of aliphatic hydroxyl groups excluding tert-OH is 1. The molecule has 0 radical (unpaired) electrons. The Balaban J connectivity index is 1.71. The van der Waals surface area contributed by atoms with E-state index in [9.17, 15) is 19.5 Å². The summed E-state index contributed by atoms with van der Waals surface area (Å²) in [5.74, 6) is 1.63. The standard InChI is InChI=1S/C20H26N4O4/c1-3-4-23-16-14(17(27)24(19(23)28)9-10(2)25)21-18(22-16)20-7-11-5-13(20)6-12(8-20)15(11)26/h11-13,15,26H,3-9H2,1-2H3,(H,21,22)/t11-,12?,13?,15?,20?/m1/s1. The van der Waals surface area contributed by atoms with E-state index in [0.717, 1.165) is 42.5 Å². The van der Waals surface area contributed by atoms with Crippen molar-refractivity contribution in [1.29, 1.82) is 0 Å². The van der Waals surface area contributed by atoms with Crippen LogP contribution in [-0.4, -0.2) is 36.1 Å². The van der Waals surface area contributed by atoms with E-state index in [1.54, 1.807) is 0 Å². The van der Waals surface area contributed by atoms with Gasteiger partial charge in [-0.2, -0.15) is 0 Å². The number of carbonyl (C=O) groups excluding carboxylic acids is 1. The van der Waals surface area contributed by atoms with Crippen molar-refractivity contribution in [3.63, 3.8) is 0 Å². The number of aromatic nitrogens is 4. The number of rotatable bonds is 5. The van der Waals surface area contributed by atoms with Crippen LogP contribution in [0, 0.1) is 17.8 Å². The van der Waals surface area contributed by atoms with E-state index in [1.165, 1.54) is 11.5 Å². The lowest BCUT2D eigenvalue weighted by atomic mass is 9.73. The predicted octanol–water partition coefficient (Wildman–Crippen LogP) is 0.934. The van der Waals surface area contributed by atoms with Gasteiger partial charge in [0.15, 0.2) is 5.65 Å². The van der Waals surface area contributed by atoms with E-state index in [4.69, 9.17) is 4.98 Å². The number of nitrogens with one attached hydrogen (secondary N) is 1. The van der Waals surface area contributed by atoms with E-state index in [0.29, 0.717) is 35.5 Å². The molecular weight excluding hydrogens is 360 g/mol. The fourth-order valence-corrected chi connectivity index (χ4v) is 6.28. The van der Waals surface area contributed by atoms with E-state index in [-0.39, 0.29) is 23.8 Å². The molecule has 4 aliphatic carbocycles. The highest BCUT2D eigenvalue weighted by Crippen LogP contribution is 2.65. The molecule has 2 N–H and O–H groups in total. The van der Waals surface area contributed by atoms with E-state index in [2.05, 4.69) is 4.98 Å². The quantitative estimate of drug-likeness (QED) is 0.794. The highest BCUT2D eigenvalue weighted by Gasteiger charge is 2.63. The molecule has 8 heteroatoms. The molecule has 0 aromatic carbocycles. The number of aromatic amines is 1. The highest BCUT2D eigenvalue weighted by molar-refractivity contribution is 5.76. The number of hydrogen-bond donors (Lipinski definition) is 2. The van der Waals surface area contributed by atoms with Gasteiger partial charge in [0, 0.05) is 12.0 Å². The third-order valence-electron chi connectivity index (χ3n) is 7.34. The van der Waals surface area contributed by atoms with Crippen molar-refractivity contribution in [3.05, 3.63) is 26.7 Å². The first-order valence-corrected chi connectivity index (χ1v) is 10.3. The van der Waals surface area contributed by atoms with Crippen molar-refractivity contribution in [1.82, 2.24) is 19.1 Å². The lowest BCUT2D eigenvalue weighted by molar-refractivity contribution is -0.117. The Morgan fingerprint density at radius 3 is 2.54 bits per heavy atom. The third-order valence-corrected chi connectivity index (χ3v) is 7.34. The number of hydrogen-bond acceptors (Lipinski definition) is 5. The molecule has 4 unspecified atom stereocenters. The topological polar surface area (TPSA) is 110 Å². The van der Waals surface area contributed by atoms with Gasteiger partial charge < -0.3 is 10.1 Å². The van der Waals surface area contributed by atoms with E-state index < -0.39 is 11.2 Å². The Bertz CT molecular complexity index is 1080. The Hall–Kier alpha value is -2.22. The molecule has 2 heterocycles. The van der Waals surface area contributed by atoms with E-state index in [1.807, 2.05) is 6.92 Å². The van der Waals surface area contributed by atoms with Crippen LogP contribution in [0.15, 0.2) is 9.59 Å². The number of H-pyrrole nitrogens is 1. The minimum absolute atomic E-state index is 0.126. The van der Waals surface area contributed by atoms with Crippen LogP contribution in [0.2, 0.25) is 0 Å². The van der Waals surface area contributed by atoms with E-state index >= 15 is 0 Å². The summed E-state index contributed by atoms with van der Waals surface area (Å²) in [6, 6.07) is 0. The fourth-order valence-electron chi connectivity index (χ4n) is 6.28. The van der Waals surface area contributed by atoms with Crippen LogP contribution >= 0.6 is 0 Å². The van der Waals surface area contributed by atoms with Gasteiger partial charge in [-0.3, -0.25) is 18.7 Å². The highest BCUT2D eigenvalue weighted by atomic mass is 16.3. The molecule has 2 aromatic rings. The smallest absolute Gasteiger partial charge is 0.333 e. The van der Waals surface area contributed by atoms with Gasteiger partial charge in [0.1, 0.15) is 17.1 Å². The molecule has 0 amide bonds. The summed E-state index contributed by atoms with van der Waals surface area (Å²) in [5.41, 5.74) is -0.370. The summed E-state index contributed by atoms with van der Waals surface area (Å²) >= 11 is 0. The second-order valence-corrected chi connectivity index (χ2v) is 9.06. The van der Waals surface area contributed by atoms with Gasteiger partial charge in [-0.15, -0.1) is 0 Å². The molecule has 0 spiro atoms. The van der Waals surface area contributed by atoms with Gasteiger partial charge in [-0.05, 0) is 56.8 Å². The van der Waals surface area contributed by atoms with Gasteiger partial charge in [0.25, 0.3) is 5.56 Å². The molecule has 0 aliphatic heterocycles. The second-order valence-electron chi connectivity index (χ2n) is 9.06. The Labute approximate surface area is 161 Å². The van der Waals surface area contributed by atoms with Gasteiger partial charge in [-0.25, -0.2) is 9.78 Å². The minimum atomic E-state index is -0.476. The second kappa shape index (κ2) is 5.89. The largest absolute Gasteiger partial charge is 0.393 e. The molecule has 6 rings (SSSR count). The van der Waals surface area contributed by atoms with Gasteiger partial charge in [0.05, 0.1) is 12.6 Å². The Morgan fingerprint density at radius 2 is 1.93 bits per heavy atom. The van der Waals surface area contributed by atoms with Crippen LogP contribution in [-0.2, 0) is 23.3 Å². The van der Waals surface area contributed by atoms with Gasteiger partial charge in [0.2, 0.25) is 0 Å². The molecule has 2 aromatic heterocycles. The first kappa shape index (κ1) is 17.8. The fraction of sp³-hybridized carbons (Fsp3) is 0.700. The van der Waals surface area contributed by atoms with Crippen LogP contribution in [0.1, 0.15) is 51.8 Å². The average Bonchev–Trinajstić information content (AvgIpc) is 3.28. The third kappa shape index (κ3) is 2.21. The minimum Gasteiger partial charge on any atom is -0.393 e. The number of Topliss-reactive ketones (excluding diaryl/α,β-unsaturated/α-hetero) is 1. The lowest BCUT2D eigenvalue weighted by Gasteiger charge is -2.34. The summed E-state index contributed by atoms with van der Waals surface area (Å²) in [4.78, 5) is 45.5. The number of imidazole rings is 1. The first-order valence-electron chi connectivity index (χ1n) is 10.3. The summed E-state index contributed by atoms with van der Waals surface area (Å²) in [5, 5.41) is 10.5. The lowest BCUT2D eigenvalue weighted by Crippen LogP contribution is -2.41. The van der Waals surface area contributed by atoms with Crippen molar-refractivity contribution < 1.29 is 9.90 Å². The van der Waals surface area contributed by atoms with Crippen LogP contribution in [0.3, 0.4) is 0 Å². The maximum atomic E-state index is 13.0. The number of nitrogens with zero attached hydrogens (tertiary/aromatic N) is 3.